The first-order chi connectivity index (χ1) is 5.41. The first-order valence-electron chi connectivity index (χ1n) is 4.31. The van der Waals surface area contributed by atoms with E-state index in [2.05, 4.69) is 12.2 Å². The summed E-state index contributed by atoms with van der Waals surface area (Å²) in [6.07, 6.45) is 2.14. The van der Waals surface area contributed by atoms with Gasteiger partial charge in [-0.15, -0.1) is 0 Å². The Morgan fingerprint density at radius 2 is 2.09 bits per heavy atom. The fourth-order valence-electron chi connectivity index (χ4n) is 0.715. The molecule has 2 N–H and O–H groups in total. The average molecular weight is 177 g/mol. The molecule has 0 radical (unpaired) electrons. The van der Waals surface area contributed by atoms with Gasteiger partial charge in [0.15, 0.2) is 0 Å². The second kappa shape index (κ2) is 10.3. The summed E-state index contributed by atoms with van der Waals surface area (Å²) in [4.78, 5) is 0. The van der Waals surface area contributed by atoms with Gasteiger partial charge in [-0.25, -0.2) is 0 Å². The molecule has 0 aliphatic rings. The summed E-state index contributed by atoms with van der Waals surface area (Å²) < 4.78 is 0. The van der Waals surface area contributed by atoms with E-state index in [9.17, 15) is 0 Å². The number of nitrogens with one attached hydrogen (secondary N) is 1. The monoisotopic (exact) mass is 177 g/mol. The van der Waals surface area contributed by atoms with E-state index >= 15 is 0 Å². The van der Waals surface area contributed by atoms with E-state index in [1.807, 2.05) is 11.8 Å². The van der Waals surface area contributed by atoms with Crippen molar-refractivity contribution in [2.45, 2.75) is 19.8 Å². The number of rotatable bonds is 8. The van der Waals surface area contributed by atoms with E-state index < -0.39 is 0 Å². The van der Waals surface area contributed by atoms with Gasteiger partial charge in [0, 0.05) is 18.9 Å². The molecular weight excluding hydrogens is 158 g/mol. The van der Waals surface area contributed by atoms with Gasteiger partial charge in [0.25, 0.3) is 0 Å². The zero-order valence-corrected chi connectivity index (χ0v) is 8.12. The van der Waals surface area contributed by atoms with Crippen LogP contribution in [0.1, 0.15) is 19.8 Å². The lowest BCUT2D eigenvalue weighted by atomic mass is 10.5. The lowest BCUT2D eigenvalue weighted by Gasteiger charge is -2.01. The molecule has 0 bridgehead atoms. The lowest BCUT2D eigenvalue weighted by Crippen LogP contribution is -2.17. The third-order valence-corrected chi connectivity index (χ3v) is 2.37. The van der Waals surface area contributed by atoms with Gasteiger partial charge in [0.05, 0.1) is 0 Å². The maximum atomic E-state index is 8.48. The molecule has 0 saturated carbocycles. The molecule has 0 saturated heterocycles. The minimum Gasteiger partial charge on any atom is -0.396 e. The zero-order chi connectivity index (χ0) is 8.36. The highest BCUT2D eigenvalue weighted by atomic mass is 32.2. The van der Waals surface area contributed by atoms with Gasteiger partial charge in [-0.05, 0) is 25.1 Å². The molecule has 3 heteroatoms. The number of aliphatic hydroxyl groups is 1. The van der Waals surface area contributed by atoms with Gasteiger partial charge >= 0.3 is 0 Å². The van der Waals surface area contributed by atoms with Gasteiger partial charge in [0.1, 0.15) is 0 Å². The van der Waals surface area contributed by atoms with Gasteiger partial charge in [0.2, 0.25) is 0 Å². The molecule has 0 aliphatic heterocycles. The van der Waals surface area contributed by atoms with E-state index in [-0.39, 0.29) is 0 Å². The van der Waals surface area contributed by atoms with Crippen molar-refractivity contribution in [3.63, 3.8) is 0 Å². The van der Waals surface area contributed by atoms with Crippen LogP contribution in [0.3, 0.4) is 0 Å². The highest BCUT2D eigenvalue weighted by molar-refractivity contribution is 7.99. The van der Waals surface area contributed by atoms with Crippen LogP contribution in [0, 0.1) is 0 Å². The fourth-order valence-corrected chi connectivity index (χ4v) is 1.54. The van der Waals surface area contributed by atoms with E-state index in [0.29, 0.717) is 6.61 Å². The smallest absolute Gasteiger partial charge is 0.0438 e. The Bertz CT molecular complexity index is 63.1. The van der Waals surface area contributed by atoms with Crippen LogP contribution in [0.4, 0.5) is 0 Å². The van der Waals surface area contributed by atoms with Crippen molar-refractivity contribution < 1.29 is 5.11 Å². The van der Waals surface area contributed by atoms with Crippen LogP contribution >= 0.6 is 11.8 Å². The Kier molecular flexibility index (Phi) is 10.5. The molecule has 0 rings (SSSR count). The van der Waals surface area contributed by atoms with Crippen molar-refractivity contribution in [2.24, 2.45) is 0 Å². The molecule has 68 valence electrons. The van der Waals surface area contributed by atoms with Crippen molar-refractivity contribution >= 4 is 11.8 Å². The number of thioether (sulfide) groups is 1. The van der Waals surface area contributed by atoms with Crippen molar-refractivity contribution in [3.8, 4) is 0 Å². The summed E-state index contributed by atoms with van der Waals surface area (Å²) >= 11 is 1.91. The van der Waals surface area contributed by atoms with Crippen LogP contribution in [-0.4, -0.2) is 36.3 Å². The predicted octanol–water partition coefficient (Wildman–Crippen LogP) is 1.10. The summed E-state index contributed by atoms with van der Waals surface area (Å²) in [5, 5.41) is 11.8. The minimum atomic E-state index is 0.329. The summed E-state index contributed by atoms with van der Waals surface area (Å²) in [6.45, 7) is 4.73. The van der Waals surface area contributed by atoms with Gasteiger partial charge in [-0.1, -0.05) is 6.92 Å². The van der Waals surface area contributed by atoms with Crippen LogP contribution in [0.5, 0.6) is 0 Å². The van der Waals surface area contributed by atoms with E-state index in [0.717, 1.165) is 25.3 Å². The average Bonchev–Trinajstić information content (AvgIpc) is 2.03. The molecular formula is C8H19NOS. The molecule has 0 fully saturated rings. The summed E-state index contributed by atoms with van der Waals surface area (Å²) in [5.74, 6) is 2.25. The summed E-state index contributed by atoms with van der Waals surface area (Å²) in [6, 6.07) is 0. The summed E-state index contributed by atoms with van der Waals surface area (Å²) in [7, 11) is 0. The van der Waals surface area contributed by atoms with Crippen LogP contribution < -0.4 is 5.32 Å². The molecule has 0 unspecified atom stereocenters. The largest absolute Gasteiger partial charge is 0.396 e. The maximum absolute atomic E-state index is 8.48. The van der Waals surface area contributed by atoms with E-state index in [1.165, 1.54) is 12.2 Å². The molecule has 0 atom stereocenters. The Hall–Kier alpha value is 0.270. The molecule has 0 heterocycles. The fraction of sp³-hybridized carbons (Fsp3) is 1.00. The lowest BCUT2D eigenvalue weighted by molar-refractivity contribution is 0.296. The highest BCUT2D eigenvalue weighted by Crippen LogP contribution is 1.99. The second-order valence-corrected chi connectivity index (χ2v) is 3.66. The number of aliphatic hydroxyl groups excluding tert-OH is 1. The van der Waals surface area contributed by atoms with Crippen LogP contribution in [-0.2, 0) is 0 Å². The van der Waals surface area contributed by atoms with Crippen LogP contribution in [0.25, 0.3) is 0 Å². The molecule has 11 heavy (non-hydrogen) atoms. The number of hydrogen-bond acceptors (Lipinski definition) is 3. The Morgan fingerprint density at radius 1 is 1.27 bits per heavy atom. The third-order valence-electron chi connectivity index (χ3n) is 1.30. The van der Waals surface area contributed by atoms with E-state index in [4.69, 9.17) is 5.11 Å². The molecule has 0 spiro atoms. The SMILES string of the molecule is CCCNCCSCCCO. The third kappa shape index (κ3) is 10.3. The maximum Gasteiger partial charge on any atom is 0.0438 e. The predicted molar refractivity (Wildman–Crippen MR) is 52.2 cm³/mol. The molecule has 2 nitrogen and oxygen atoms in total. The Balaban J connectivity index is 2.69. The van der Waals surface area contributed by atoms with Crippen LogP contribution in [0.2, 0.25) is 0 Å². The topological polar surface area (TPSA) is 32.3 Å². The highest BCUT2D eigenvalue weighted by Gasteiger charge is 1.87. The Labute approximate surface area is 73.8 Å². The Morgan fingerprint density at radius 3 is 2.73 bits per heavy atom. The van der Waals surface area contributed by atoms with E-state index in [1.54, 1.807) is 0 Å². The molecule has 0 aromatic rings. The molecule has 0 aromatic carbocycles. The van der Waals surface area contributed by atoms with Crippen molar-refractivity contribution in [3.05, 3.63) is 0 Å². The second-order valence-electron chi connectivity index (χ2n) is 2.44. The van der Waals surface area contributed by atoms with Gasteiger partial charge in [-0.3, -0.25) is 0 Å². The van der Waals surface area contributed by atoms with Gasteiger partial charge < -0.3 is 10.4 Å². The quantitative estimate of drug-likeness (QED) is 0.545. The molecule has 0 amide bonds. The normalized spacial score (nSPS) is 10.4. The first-order valence-corrected chi connectivity index (χ1v) is 5.46. The van der Waals surface area contributed by atoms with Crippen LogP contribution in [0.15, 0.2) is 0 Å². The standard InChI is InChI=1S/C8H19NOS/c1-2-4-9-5-8-11-7-3-6-10/h9-10H,2-8H2,1H3. The molecule has 0 aromatic heterocycles. The zero-order valence-electron chi connectivity index (χ0n) is 7.31. The van der Waals surface area contributed by atoms with Crippen molar-refractivity contribution in [2.75, 3.05) is 31.2 Å². The van der Waals surface area contributed by atoms with Gasteiger partial charge in [-0.2, -0.15) is 11.8 Å². The van der Waals surface area contributed by atoms with Crippen molar-refractivity contribution in [1.82, 2.24) is 5.32 Å². The molecule has 0 aliphatic carbocycles. The minimum absolute atomic E-state index is 0.329. The van der Waals surface area contributed by atoms with Crippen molar-refractivity contribution in [1.29, 1.82) is 0 Å². The first kappa shape index (κ1) is 11.3. The summed E-state index contributed by atoms with van der Waals surface area (Å²) in [5.41, 5.74) is 0. The number of hydrogen-bond donors (Lipinski definition) is 2.